The minimum Gasteiger partial charge on any atom is -0.409 e. The fourth-order valence-electron chi connectivity index (χ4n) is 1.63. The van der Waals surface area contributed by atoms with Crippen LogP contribution in [0.1, 0.15) is 11.1 Å². The van der Waals surface area contributed by atoms with Gasteiger partial charge in [0.15, 0.2) is 5.84 Å². The second-order valence-electron chi connectivity index (χ2n) is 4.00. The third-order valence-electron chi connectivity index (χ3n) is 2.63. The van der Waals surface area contributed by atoms with Gasteiger partial charge in [0, 0.05) is 19.2 Å². The smallest absolute Gasteiger partial charge is 0.170 e. The highest BCUT2D eigenvalue weighted by atomic mass is 19.1. The molecule has 1 aromatic carbocycles. The maximum atomic E-state index is 13.2. The molecule has 106 valence electrons. The van der Waals surface area contributed by atoms with E-state index in [0.717, 1.165) is 0 Å². The number of aliphatic hydroxyl groups excluding tert-OH is 1. The van der Waals surface area contributed by atoms with E-state index in [2.05, 4.69) is 10.5 Å². The van der Waals surface area contributed by atoms with Gasteiger partial charge < -0.3 is 26.1 Å². The van der Waals surface area contributed by atoms with Crippen LogP contribution in [0.5, 0.6) is 0 Å². The zero-order valence-corrected chi connectivity index (χ0v) is 10.6. The summed E-state index contributed by atoms with van der Waals surface area (Å²) < 4.78 is 18.1. The van der Waals surface area contributed by atoms with Crippen LogP contribution < -0.4 is 11.1 Å². The fraction of sp³-hybridized carbons (Fsp3) is 0.417. The molecule has 1 atom stereocenters. The number of hydrogen-bond donors (Lipinski definition) is 4. The molecule has 0 saturated carbocycles. The zero-order valence-electron chi connectivity index (χ0n) is 10.6. The summed E-state index contributed by atoms with van der Waals surface area (Å²) in [7, 11) is 1.53. The van der Waals surface area contributed by atoms with Crippen molar-refractivity contribution in [1.29, 1.82) is 0 Å². The predicted molar refractivity (Wildman–Crippen MR) is 68.5 cm³/mol. The van der Waals surface area contributed by atoms with Crippen molar-refractivity contribution in [2.24, 2.45) is 10.9 Å². The highest BCUT2D eigenvalue weighted by molar-refractivity contribution is 5.98. The lowest BCUT2D eigenvalue weighted by atomic mass is 10.1. The van der Waals surface area contributed by atoms with Gasteiger partial charge in [0.25, 0.3) is 0 Å². The van der Waals surface area contributed by atoms with Gasteiger partial charge >= 0.3 is 0 Å². The Morgan fingerprint density at radius 2 is 2.32 bits per heavy atom. The van der Waals surface area contributed by atoms with E-state index in [1.54, 1.807) is 0 Å². The number of rotatable bonds is 7. The Balaban J connectivity index is 2.83. The van der Waals surface area contributed by atoms with Gasteiger partial charge in [0.05, 0.1) is 19.3 Å². The molecule has 5 N–H and O–H groups in total. The molecule has 19 heavy (non-hydrogen) atoms. The van der Waals surface area contributed by atoms with Gasteiger partial charge in [-0.05, 0) is 17.7 Å². The van der Waals surface area contributed by atoms with Gasteiger partial charge in [-0.3, -0.25) is 0 Å². The van der Waals surface area contributed by atoms with Gasteiger partial charge in [-0.15, -0.1) is 0 Å². The fourth-order valence-corrected chi connectivity index (χ4v) is 1.63. The second kappa shape index (κ2) is 7.67. The van der Waals surface area contributed by atoms with E-state index < -0.39 is 5.82 Å². The van der Waals surface area contributed by atoms with Crippen LogP contribution in [-0.2, 0) is 11.3 Å². The summed E-state index contributed by atoms with van der Waals surface area (Å²) in [5.41, 5.74) is 6.46. The second-order valence-corrected chi connectivity index (χ2v) is 4.00. The number of aliphatic hydroxyl groups is 1. The summed E-state index contributed by atoms with van der Waals surface area (Å²) in [5, 5.41) is 23.7. The van der Waals surface area contributed by atoms with Gasteiger partial charge in [0.1, 0.15) is 5.82 Å². The molecule has 0 radical (unpaired) electrons. The van der Waals surface area contributed by atoms with E-state index in [1.807, 2.05) is 0 Å². The highest BCUT2D eigenvalue weighted by Gasteiger charge is 2.11. The molecule has 0 saturated heterocycles. The van der Waals surface area contributed by atoms with E-state index in [-0.39, 0.29) is 18.5 Å². The molecule has 0 bridgehead atoms. The topological polar surface area (TPSA) is 100 Å². The number of amidine groups is 1. The monoisotopic (exact) mass is 271 g/mol. The Labute approximate surface area is 110 Å². The van der Waals surface area contributed by atoms with Crippen LogP contribution in [0.25, 0.3) is 0 Å². The summed E-state index contributed by atoms with van der Waals surface area (Å²) >= 11 is 0. The lowest BCUT2D eigenvalue weighted by Gasteiger charge is -2.16. The number of benzene rings is 1. The van der Waals surface area contributed by atoms with E-state index in [1.165, 1.54) is 25.3 Å². The summed E-state index contributed by atoms with van der Waals surface area (Å²) in [5.74, 6) is -0.635. The molecule has 0 aliphatic heterocycles. The third-order valence-corrected chi connectivity index (χ3v) is 2.63. The molecular formula is C12H18FN3O3. The largest absolute Gasteiger partial charge is 0.409 e. The number of hydrogen-bond acceptors (Lipinski definition) is 5. The molecule has 6 nitrogen and oxygen atoms in total. The molecule has 1 unspecified atom stereocenters. The normalized spacial score (nSPS) is 13.5. The molecule has 0 fully saturated rings. The van der Waals surface area contributed by atoms with Crippen molar-refractivity contribution < 1.29 is 19.4 Å². The van der Waals surface area contributed by atoms with Gasteiger partial charge in [-0.1, -0.05) is 11.2 Å². The summed E-state index contributed by atoms with van der Waals surface area (Å²) in [6.45, 7) is 0.588. The molecule has 0 aliphatic rings. The quantitative estimate of drug-likeness (QED) is 0.242. The van der Waals surface area contributed by atoms with E-state index in [9.17, 15) is 4.39 Å². The third kappa shape index (κ3) is 4.47. The number of nitrogens with one attached hydrogen (secondary N) is 1. The Morgan fingerprint density at radius 1 is 1.58 bits per heavy atom. The van der Waals surface area contributed by atoms with Crippen molar-refractivity contribution in [2.75, 3.05) is 20.3 Å². The summed E-state index contributed by atoms with van der Waals surface area (Å²) in [4.78, 5) is 0. The number of nitrogens with zero attached hydrogens (tertiary/aromatic N) is 1. The maximum Gasteiger partial charge on any atom is 0.170 e. The van der Waals surface area contributed by atoms with E-state index in [0.29, 0.717) is 24.3 Å². The molecule has 0 amide bonds. The Morgan fingerprint density at radius 3 is 2.89 bits per heavy atom. The number of halogens is 1. The first-order chi connectivity index (χ1) is 9.12. The number of nitrogens with two attached hydrogens (primary N) is 1. The average Bonchev–Trinajstić information content (AvgIpc) is 2.43. The van der Waals surface area contributed by atoms with Crippen molar-refractivity contribution >= 4 is 5.84 Å². The van der Waals surface area contributed by atoms with Crippen LogP contribution in [-0.4, -0.2) is 42.5 Å². The predicted octanol–water partition coefficient (Wildman–Crippen LogP) is 0.0171. The maximum absolute atomic E-state index is 13.2. The van der Waals surface area contributed by atoms with E-state index in [4.69, 9.17) is 20.8 Å². The SMILES string of the molecule is COCC(CO)NCc1ccc(F)cc1/C(N)=N/O. The molecule has 0 aromatic heterocycles. The standard InChI is InChI=1S/C12H18FN3O3/c1-19-7-10(6-17)15-5-8-2-3-9(13)4-11(8)12(14)16-18/h2-4,10,15,17-18H,5-7H2,1H3,(H2,14,16). The van der Waals surface area contributed by atoms with Crippen molar-refractivity contribution in [3.63, 3.8) is 0 Å². The highest BCUT2D eigenvalue weighted by Crippen LogP contribution is 2.11. The first-order valence-corrected chi connectivity index (χ1v) is 5.71. The van der Waals surface area contributed by atoms with Crippen LogP contribution in [0.15, 0.2) is 23.4 Å². The van der Waals surface area contributed by atoms with Crippen LogP contribution in [0.2, 0.25) is 0 Å². The van der Waals surface area contributed by atoms with Crippen molar-refractivity contribution in [3.05, 3.63) is 35.1 Å². The molecule has 1 rings (SSSR count). The molecule has 7 heteroatoms. The number of methoxy groups -OCH3 is 1. The molecule has 0 heterocycles. The minimum absolute atomic E-state index is 0.0893. The van der Waals surface area contributed by atoms with Crippen LogP contribution in [0.3, 0.4) is 0 Å². The van der Waals surface area contributed by atoms with Crippen LogP contribution in [0, 0.1) is 5.82 Å². The van der Waals surface area contributed by atoms with Crippen molar-refractivity contribution in [1.82, 2.24) is 5.32 Å². The van der Waals surface area contributed by atoms with Gasteiger partial charge in [-0.2, -0.15) is 0 Å². The van der Waals surface area contributed by atoms with Crippen LogP contribution >= 0.6 is 0 Å². The number of ether oxygens (including phenoxy) is 1. The van der Waals surface area contributed by atoms with E-state index >= 15 is 0 Å². The zero-order chi connectivity index (χ0) is 14.3. The van der Waals surface area contributed by atoms with Crippen LogP contribution in [0.4, 0.5) is 4.39 Å². The Bertz CT molecular complexity index is 440. The Hall–Kier alpha value is -1.70. The van der Waals surface area contributed by atoms with Crippen molar-refractivity contribution in [2.45, 2.75) is 12.6 Å². The summed E-state index contributed by atoms with van der Waals surface area (Å²) in [6.07, 6.45) is 0. The molecule has 0 spiro atoms. The van der Waals surface area contributed by atoms with Crippen molar-refractivity contribution in [3.8, 4) is 0 Å². The average molecular weight is 271 g/mol. The first-order valence-electron chi connectivity index (χ1n) is 5.71. The number of oxime groups is 1. The molecule has 0 aliphatic carbocycles. The lowest BCUT2D eigenvalue weighted by Crippen LogP contribution is -2.36. The van der Waals surface area contributed by atoms with Gasteiger partial charge in [-0.25, -0.2) is 4.39 Å². The summed E-state index contributed by atoms with van der Waals surface area (Å²) in [6, 6.07) is 3.78. The lowest BCUT2D eigenvalue weighted by molar-refractivity contribution is 0.128. The first kappa shape index (κ1) is 15.4. The Kier molecular flexibility index (Phi) is 6.20. The minimum atomic E-state index is -0.471. The molecule has 1 aromatic rings. The molecular weight excluding hydrogens is 253 g/mol. The van der Waals surface area contributed by atoms with Gasteiger partial charge in [0.2, 0.25) is 0 Å².